The van der Waals surface area contributed by atoms with E-state index in [1.54, 1.807) is 17.0 Å². The molecule has 0 bridgehead atoms. The Morgan fingerprint density at radius 3 is 2.70 bits per heavy atom. The number of halogens is 1. The van der Waals surface area contributed by atoms with E-state index in [4.69, 9.17) is 4.74 Å². The lowest BCUT2D eigenvalue weighted by molar-refractivity contribution is 0.0290. The predicted molar refractivity (Wildman–Crippen MR) is 85.6 cm³/mol. The van der Waals surface area contributed by atoms with E-state index in [2.05, 4.69) is 5.32 Å². The first kappa shape index (κ1) is 17.7. The molecule has 6 heteroatoms. The van der Waals surface area contributed by atoms with Crippen LogP contribution >= 0.6 is 0 Å². The molecule has 1 heterocycles. The van der Waals surface area contributed by atoms with Crippen LogP contribution in [0.15, 0.2) is 24.3 Å². The fraction of sp³-hybridized carbons (Fsp3) is 0.588. The maximum Gasteiger partial charge on any atom is 0.410 e. The van der Waals surface area contributed by atoms with E-state index in [0.717, 1.165) is 6.42 Å². The summed E-state index contributed by atoms with van der Waals surface area (Å²) in [6.45, 7) is 7.09. The Hall–Kier alpha value is -1.66. The minimum atomic E-state index is -0.703. The average Bonchev–Trinajstić information content (AvgIpc) is 2.93. The van der Waals surface area contributed by atoms with E-state index < -0.39 is 11.7 Å². The Bertz CT molecular complexity index is 528. The number of aliphatic hydroxyl groups excluding tert-OH is 1. The lowest BCUT2D eigenvalue weighted by Gasteiger charge is -2.24. The summed E-state index contributed by atoms with van der Waals surface area (Å²) in [4.78, 5) is 13.7. The van der Waals surface area contributed by atoms with Crippen LogP contribution in [-0.2, 0) is 4.74 Å². The average molecular weight is 324 g/mol. The van der Waals surface area contributed by atoms with Gasteiger partial charge in [-0.2, -0.15) is 0 Å². The number of aliphatic hydroxyl groups is 1. The summed E-state index contributed by atoms with van der Waals surface area (Å²) in [7, 11) is 0. The molecule has 0 radical (unpaired) electrons. The first-order valence-electron chi connectivity index (χ1n) is 7.89. The molecular formula is C17H25FN2O3. The highest BCUT2D eigenvalue weighted by Gasteiger charge is 2.29. The smallest absolute Gasteiger partial charge is 0.410 e. The van der Waals surface area contributed by atoms with Gasteiger partial charge in [0.1, 0.15) is 11.4 Å². The van der Waals surface area contributed by atoms with E-state index in [1.165, 1.54) is 12.1 Å². The summed E-state index contributed by atoms with van der Waals surface area (Å²) < 4.78 is 18.2. The second-order valence-electron chi connectivity index (χ2n) is 6.89. The van der Waals surface area contributed by atoms with Crippen molar-refractivity contribution in [2.75, 3.05) is 19.6 Å². The van der Waals surface area contributed by atoms with Crippen LogP contribution in [0.1, 0.15) is 38.9 Å². The molecule has 23 heavy (non-hydrogen) atoms. The molecule has 1 fully saturated rings. The summed E-state index contributed by atoms with van der Waals surface area (Å²) in [6.07, 6.45) is -0.192. The van der Waals surface area contributed by atoms with E-state index in [9.17, 15) is 14.3 Å². The van der Waals surface area contributed by atoms with E-state index in [1.807, 2.05) is 20.8 Å². The van der Waals surface area contributed by atoms with E-state index in [0.29, 0.717) is 25.2 Å². The van der Waals surface area contributed by atoms with Crippen molar-refractivity contribution < 1.29 is 19.0 Å². The Morgan fingerprint density at radius 1 is 1.43 bits per heavy atom. The number of ether oxygens (including phenoxy) is 1. The highest BCUT2D eigenvalue weighted by molar-refractivity contribution is 5.68. The maximum atomic E-state index is 12.9. The van der Waals surface area contributed by atoms with Crippen LogP contribution in [0.4, 0.5) is 9.18 Å². The third kappa shape index (κ3) is 5.48. The van der Waals surface area contributed by atoms with Crippen molar-refractivity contribution in [2.24, 2.45) is 0 Å². The number of hydrogen-bond donors (Lipinski definition) is 2. The van der Waals surface area contributed by atoms with Gasteiger partial charge in [-0.1, -0.05) is 12.1 Å². The molecule has 0 saturated carbocycles. The zero-order valence-electron chi connectivity index (χ0n) is 13.9. The van der Waals surface area contributed by atoms with Gasteiger partial charge in [0.05, 0.1) is 6.10 Å². The Kier molecular flexibility index (Phi) is 5.59. The van der Waals surface area contributed by atoms with Crippen molar-refractivity contribution in [1.29, 1.82) is 0 Å². The van der Waals surface area contributed by atoms with Crippen molar-refractivity contribution in [3.8, 4) is 0 Å². The van der Waals surface area contributed by atoms with Gasteiger partial charge in [0, 0.05) is 25.7 Å². The molecule has 0 spiro atoms. The molecule has 1 aromatic rings. The van der Waals surface area contributed by atoms with E-state index >= 15 is 0 Å². The fourth-order valence-corrected chi connectivity index (χ4v) is 2.50. The first-order chi connectivity index (χ1) is 10.7. The minimum Gasteiger partial charge on any atom is -0.444 e. The van der Waals surface area contributed by atoms with Crippen molar-refractivity contribution in [3.05, 3.63) is 35.6 Å². The number of amides is 1. The molecule has 2 atom stereocenters. The standard InChI is InChI=1S/C17H25FN2O3/c1-17(2,3)23-16(22)20-9-8-14(11-20)19-10-15(21)12-4-6-13(18)7-5-12/h4-7,14-15,19,21H,8-11H2,1-3H3. The van der Waals surface area contributed by atoms with Crippen LogP contribution in [0.2, 0.25) is 0 Å². The normalized spacial score (nSPS) is 19.7. The summed E-state index contributed by atoms with van der Waals surface area (Å²) >= 11 is 0. The van der Waals surface area contributed by atoms with Crippen molar-refractivity contribution >= 4 is 6.09 Å². The van der Waals surface area contributed by atoms with Gasteiger partial charge in [0.15, 0.2) is 0 Å². The molecule has 2 N–H and O–H groups in total. The van der Waals surface area contributed by atoms with Crippen LogP contribution in [-0.4, -0.2) is 47.4 Å². The number of benzene rings is 1. The molecule has 1 aliphatic rings. The van der Waals surface area contributed by atoms with Gasteiger partial charge in [-0.3, -0.25) is 0 Å². The van der Waals surface area contributed by atoms with Gasteiger partial charge in [0.2, 0.25) is 0 Å². The van der Waals surface area contributed by atoms with Gasteiger partial charge in [-0.15, -0.1) is 0 Å². The summed E-state index contributed by atoms with van der Waals surface area (Å²) in [5, 5.41) is 13.4. The lowest BCUT2D eigenvalue weighted by Crippen LogP contribution is -2.39. The maximum absolute atomic E-state index is 12.9. The second-order valence-corrected chi connectivity index (χ2v) is 6.89. The number of hydrogen-bond acceptors (Lipinski definition) is 4. The Labute approximate surface area is 136 Å². The first-order valence-corrected chi connectivity index (χ1v) is 7.89. The number of nitrogens with one attached hydrogen (secondary N) is 1. The van der Waals surface area contributed by atoms with E-state index in [-0.39, 0.29) is 18.0 Å². The van der Waals surface area contributed by atoms with Crippen LogP contribution < -0.4 is 5.32 Å². The summed E-state index contributed by atoms with van der Waals surface area (Å²) in [6, 6.07) is 5.93. The number of nitrogens with zero attached hydrogens (tertiary/aromatic N) is 1. The monoisotopic (exact) mass is 324 g/mol. The number of rotatable bonds is 4. The number of likely N-dealkylation sites (tertiary alicyclic amines) is 1. The fourth-order valence-electron chi connectivity index (χ4n) is 2.50. The van der Waals surface area contributed by atoms with Gasteiger partial charge in [-0.05, 0) is 44.9 Å². The molecule has 5 nitrogen and oxygen atoms in total. The van der Waals surface area contributed by atoms with Crippen molar-refractivity contribution in [1.82, 2.24) is 10.2 Å². The SMILES string of the molecule is CC(C)(C)OC(=O)N1CCC(NCC(O)c2ccc(F)cc2)C1. The molecule has 0 aromatic heterocycles. The summed E-state index contributed by atoms with van der Waals surface area (Å²) in [5.41, 5.74) is 0.169. The molecule has 0 aliphatic carbocycles. The lowest BCUT2D eigenvalue weighted by atomic mass is 10.1. The Morgan fingerprint density at radius 2 is 2.09 bits per heavy atom. The highest BCUT2D eigenvalue weighted by atomic mass is 19.1. The van der Waals surface area contributed by atoms with Crippen LogP contribution in [0, 0.1) is 5.82 Å². The molecule has 1 aromatic carbocycles. The molecule has 1 saturated heterocycles. The largest absolute Gasteiger partial charge is 0.444 e. The van der Waals surface area contributed by atoms with Crippen LogP contribution in [0.25, 0.3) is 0 Å². The number of carbonyl (C=O) groups is 1. The molecule has 128 valence electrons. The van der Waals surface area contributed by atoms with Gasteiger partial charge >= 0.3 is 6.09 Å². The predicted octanol–water partition coefficient (Wildman–Crippen LogP) is 2.46. The van der Waals surface area contributed by atoms with Crippen molar-refractivity contribution in [2.45, 2.75) is 44.9 Å². The van der Waals surface area contributed by atoms with Crippen molar-refractivity contribution in [3.63, 3.8) is 0 Å². The zero-order chi connectivity index (χ0) is 17.0. The topological polar surface area (TPSA) is 61.8 Å². The Balaban J connectivity index is 1.77. The third-order valence-corrected chi connectivity index (χ3v) is 3.69. The molecule has 1 aliphatic heterocycles. The van der Waals surface area contributed by atoms with Gasteiger partial charge in [0.25, 0.3) is 0 Å². The minimum absolute atomic E-state index is 0.123. The number of carbonyl (C=O) groups excluding carboxylic acids is 1. The van der Waals surface area contributed by atoms with Gasteiger partial charge in [-0.25, -0.2) is 9.18 Å². The molecule has 2 unspecified atom stereocenters. The van der Waals surface area contributed by atoms with Crippen LogP contribution in [0.3, 0.4) is 0 Å². The highest BCUT2D eigenvalue weighted by Crippen LogP contribution is 2.17. The molecular weight excluding hydrogens is 299 g/mol. The molecule has 1 amide bonds. The third-order valence-electron chi connectivity index (χ3n) is 3.69. The summed E-state index contributed by atoms with van der Waals surface area (Å²) in [5.74, 6) is -0.322. The van der Waals surface area contributed by atoms with Gasteiger partial charge < -0.3 is 20.1 Å². The zero-order valence-corrected chi connectivity index (χ0v) is 13.9. The quantitative estimate of drug-likeness (QED) is 0.893. The molecule has 2 rings (SSSR count). The second kappa shape index (κ2) is 7.27. The van der Waals surface area contributed by atoms with Crippen LogP contribution in [0.5, 0.6) is 0 Å².